The summed E-state index contributed by atoms with van der Waals surface area (Å²) in [7, 11) is 1.31. The number of benzene rings is 2. The highest BCUT2D eigenvalue weighted by atomic mass is 32.1. The van der Waals surface area contributed by atoms with E-state index >= 15 is 0 Å². The van der Waals surface area contributed by atoms with Crippen molar-refractivity contribution in [2.75, 3.05) is 7.11 Å². The van der Waals surface area contributed by atoms with Crippen LogP contribution in [0.2, 0.25) is 0 Å². The van der Waals surface area contributed by atoms with Gasteiger partial charge in [-0.1, -0.05) is 60.7 Å². The average molecular weight is 464 g/mol. The van der Waals surface area contributed by atoms with Crippen molar-refractivity contribution in [3.05, 3.63) is 106 Å². The summed E-state index contributed by atoms with van der Waals surface area (Å²) in [6, 6.07) is 13.4. The van der Waals surface area contributed by atoms with Gasteiger partial charge in [-0.05, 0) is 30.5 Å². The van der Waals surface area contributed by atoms with Crippen LogP contribution in [-0.4, -0.2) is 22.6 Å². The molecule has 2 heterocycles. The van der Waals surface area contributed by atoms with E-state index in [2.05, 4.69) is 4.99 Å². The van der Waals surface area contributed by atoms with E-state index in [1.807, 2.05) is 37.3 Å². The lowest BCUT2D eigenvalue weighted by molar-refractivity contribution is -0.385. The molecule has 3 aromatic rings. The molecular formula is C24H21N3O5S. The molecule has 0 saturated heterocycles. The molecule has 0 radical (unpaired) electrons. The molecule has 1 aliphatic heterocycles. The Kier molecular flexibility index (Phi) is 6.06. The minimum atomic E-state index is -0.681. The van der Waals surface area contributed by atoms with Crippen molar-refractivity contribution < 1.29 is 14.5 Å². The molecule has 1 aliphatic rings. The van der Waals surface area contributed by atoms with Gasteiger partial charge >= 0.3 is 5.97 Å². The van der Waals surface area contributed by atoms with Gasteiger partial charge in [-0.3, -0.25) is 19.5 Å². The molecule has 1 aromatic heterocycles. The third kappa shape index (κ3) is 4.03. The van der Waals surface area contributed by atoms with Crippen LogP contribution in [0.5, 0.6) is 0 Å². The first kappa shape index (κ1) is 22.3. The minimum absolute atomic E-state index is 0.0139. The Morgan fingerprint density at radius 3 is 2.64 bits per heavy atom. The number of ether oxygens (including phenoxy) is 1. The predicted octanol–water partition coefficient (Wildman–Crippen LogP) is 3.01. The summed E-state index contributed by atoms with van der Waals surface area (Å²) < 4.78 is 6.91. The van der Waals surface area contributed by atoms with Crippen molar-refractivity contribution in [2.24, 2.45) is 4.99 Å². The summed E-state index contributed by atoms with van der Waals surface area (Å²) in [5, 5.41) is 11.3. The fraction of sp³-hybridized carbons (Fsp3) is 0.208. The van der Waals surface area contributed by atoms with E-state index in [9.17, 15) is 19.7 Å². The number of allylic oxidation sites excluding steroid dienone is 1. The molecule has 1 atom stereocenters. The van der Waals surface area contributed by atoms with Crippen LogP contribution in [0.4, 0.5) is 5.69 Å². The van der Waals surface area contributed by atoms with Crippen LogP contribution >= 0.6 is 11.3 Å². The van der Waals surface area contributed by atoms with Crippen LogP contribution in [0.3, 0.4) is 0 Å². The Bertz CT molecular complexity index is 1470. The van der Waals surface area contributed by atoms with E-state index in [1.54, 1.807) is 25.1 Å². The number of thiazole rings is 1. The highest BCUT2D eigenvalue weighted by molar-refractivity contribution is 7.07. The highest BCUT2D eigenvalue weighted by Gasteiger charge is 2.33. The van der Waals surface area contributed by atoms with Gasteiger partial charge in [-0.15, -0.1) is 0 Å². The second kappa shape index (κ2) is 8.95. The Hall–Kier alpha value is -3.85. The summed E-state index contributed by atoms with van der Waals surface area (Å²) >= 11 is 1.19. The van der Waals surface area contributed by atoms with Gasteiger partial charge in [-0.2, -0.15) is 0 Å². The van der Waals surface area contributed by atoms with E-state index < -0.39 is 16.9 Å². The molecule has 168 valence electrons. The molecule has 0 spiro atoms. The number of carbonyl (C=O) groups excluding carboxylic acids is 1. The van der Waals surface area contributed by atoms with Crippen molar-refractivity contribution >= 4 is 29.1 Å². The zero-order valence-electron chi connectivity index (χ0n) is 18.3. The van der Waals surface area contributed by atoms with Gasteiger partial charge in [0, 0.05) is 11.6 Å². The monoisotopic (exact) mass is 463 g/mol. The third-order valence-electron chi connectivity index (χ3n) is 5.49. The number of carbonyl (C=O) groups is 1. The van der Waals surface area contributed by atoms with E-state index in [0.29, 0.717) is 38.2 Å². The molecule has 0 N–H and O–H groups in total. The smallest absolute Gasteiger partial charge is 0.338 e. The van der Waals surface area contributed by atoms with Crippen molar-refractivity contribution in [3.8, 4) is 0 Å². The zero-order valence-corrected chi connectivity index (χ0v) is 19.1. The molecule has 8 nitrogen and oxygen atoms in total. The first-order valence-corrected chi connectivity index (χ1v) is 11.1. The van der Waals surface area contributed by atoms with Gasteiger partial charge in [0.25, 0.3) is 11.2 Å². The van der Waals surface area contributed by atoms with Crippen molar-refractivity contribution in [3.63, 3.8) is 0 Å². The fourth-order valence-corrected chi connectivity index (χ4v) is 4.90. The standard InChI is InChI=1S/C24H21N3O5S/c1-4-17-20(23(29)32-3)21(16-8-6-5-7-9-16)26-22(28)19(33-24(26)25-17)13-15-11-10-14(2)18(12-15)27(30)31/h5-13,21H,4H2,1-3H3/b19-13-/t21-/m0/s1. The molecule has 0 bridgehead atoms. The van der Waals surface area contributed by atoms with Gasteiger partial charge < -0.3 is 4.74 Å². The maximum Gasteiger partial charge on any atom is 0.338 e. The van der Waals surface area contributed by atoms with E-state index in [0.717, 1.165) is 5.56 Å². The molecule has 0 amide bonds. The number of aryl methyl sites for hydroxylation is 1. The number of nitro groups is 1. The van der Waals surface area contributed by atoms with Crippen LogP contribution in [-0.2, 0) is 9.53 Å². The van der Waals surface area contributed by atoms with Crippen LogP contribution in [0.1, 0.15) is 36.1 Å². The molecule has 2 aromatic carbocycles. The number of esters is 1. The van der Waals surface area contributed by atoms with Crippen LogP contribution < -0.4 is 14.9 Å². The normalized spacial score (nSPS) is 15.7. The summed E-state index contributed by atoms with van der Waals surface area (Å²) in [4.78, 5) is 42.2. The van der Waals surface area contributed by atoms with E-state index in [4.69, 9.17) is 4.74 Å². The first-order valence-electron chi connectivity index (χ1n) is 10.3. The maximum atomic E-state index is 13.5. The molecule has 0 aliphatic carbocycles. The van der Waals surface area contributed by atoms with Gasteiger partial charge in [-0.25, -0.2) is 9.79 Å². The van der Waals surface area contributed by atoms with Crippen LogP contribution in [0, 0.1) is 17.0 Å². The Morgan fingerprint density at radius 1 is 1.27 bits per heavy atom. The summed E-state index contributed by atoms with van der Waals surface area (Å²) in [6.45, 7) is 3.56. The SMILES string of the molecule is CCC1=C(C(=O)OC)[C@H](c2ccccc2)n2c(s/c(=C\c3ccc(C)c([N+](=O)[O-])c3)c2=O)=N1. The second-order valence-electron chi connectivity index (χ2n) is 7.50. The van der Waals surface area contributed by atoms with Crippen molar-refractivity contribution in [1.82, 2.24) is 4.57 Å². The predicted molar refractivity (Wildman–Crippen MR) is 125 cm³/mol. The molecule has 0 saturated carbocycles. The lowest BCUT2D eigenvalue weighted by atomic mass is 9.95. The van der Waals surface area contributed by atoms with Gasteiger partial charge in [0.15, 0.2) is 4.80 Å². The van der Waals surface area contributed by atoms with Crippen LogP contribution in [0.15, 0.2) is 69.6 Å². The van der Waals surface area contributed by atoms with Crippen molar-refractivity contribution in [1.29, 1.82) is 0 Å². The number of hydrogen-bond acceptors (Lipinski definition) is 7. The van der Waals surface area contributed by atoms with Gasteiger partial charge in [0.2, 0.25) is 0 Å². The summed E-state index contributed by atoms with van der Waals surface area (Å²) in [5.41, 5.74) is 2.39. The van der Waals surface area contributed by atoms with Gasteiger partial charge in [0.1, 0.15) is 0 Å². The largest absolute Gasteiger partial charge is 0.466 e. The minimum Gasteiger partial charge on any atom is -0.466 e. The zero-order chi connectivity index (χ0) is 23.7. The molecule has 4 rings (SSSR count). The first-order chi connectivity index (χ1) is 15.8. The molecule has 9 heteroatoms. The molecule has 0 unspecified atom stereocenters. The summed E-state index contributed by atoms with van der Waals surface area (Å²) in [6.07, 6.45) is 2.11. The number of aromatic nitrogens is 1. The third-order valence-corrected chi connectivity index (χ3v) is 6.48. The summed E-state index contributed by atoms with van der Waals surface area (Å²) in [5.74, 6) is -0.534. The lowest BCUT2D eigenvalue weighted by Gasteiger charge is -2.25. The molecular weight excluding hydrogens is 442 g/mol. The van der Waals surface area contributed by atoms with E-state index in [1.165, 1.54) is 29.1 Å². The Balaban J connectivity index is 1.98. The molecule has 0 fully saturated rings. The highest BCUT2D eigenvalue weighted by Crippen LogP contribution is 2.31. The topological polar surface area (TPSA) is 104 Å². The van der Waals surface area contributed by atoms with Crippen molar-refractivity contribution in [2.45, 2.75) is 26.3 Å². The lowest BCUT2D eigenvalue weighted by Crippen LogP contribution is -2.40. The Labute approximate surface area is 192 Å². The fourth-order valence-electron chi connectivity index (χ4n) is 3.88. The number of fused-ring (bicyclic) bond motifs is 1. The second-order valence-corrected chi connectivity index (χ2v) is 8.51. The number of hydrogen-bond donors (Lipinski definition) is 0. The van der Waals surface area contributed by atoms with E-state index in [-0.39, 0.29) is 11.2 Å². The number of methoxy groups -OCH3 is 1. The maximum absolute atomic E-state index is 13.5. The molecule has 33 heavy (non-hydrogen) atoms. The quantitative estimate of drug-likeness (QED) is 0.329. The van der Waals surface area contributed by atoms with Crippen LogP contribution in [0.25, 0.3) is 6.08 Å². The number of nitro benzene ring substituents is 1. The number of rotatable bonds is 5. The Morgan fingerprint density at radius 2 is 2.00 bits per heavy atom. The van der Waals surface area contributed by atoms with Gasteiger partial charge in [0.05, 0.1) is 33.9 Å². The average Bonchev–Trinajstić information content (AvgIpc) is 3.13. The number of nitrogens with zero attached hydrogens (tertiary/aromatic N) is 3.